The van der Waals surface area contributed by atoms with Gasteiger partial charge in [-0.1, -0.05) is 31.3 Å². The van der Waals surface area contributed by atoms with E-state index in [0.29, 0.717) is 4.99 Å². The van der Waals surface area contributed by atoms with Crippen molar-refractivity contribution in [1.82, 2.24) is 4.90 Å². The molecule has 1 unspecified atom stereocenters. The zero-order chi connectivity index (χ0) is 13.1. The highest BCUT2D eigenvalue weighted by Crippen LogP contribution is 2.23. The molecule has 1 heterocycles. The summed E-state index contributed by atoms with van der Waals surface area (Å²) in [6.45, 7) is 6.72. The fourth-order valence-corrected chi connectivity index (χ4v) is 2.94. The van der Waals surface area contributed by atoms with Crippen molar-refractivity contribution in [3.05, 3.63) is 34.9 Å². The Hall–Kier alpha value is -0.930. The molecule has 1 fully saturated rings. The summed E-state index contributed by atoms with van der Waals surface area (Å²) >= 11 is 5.01. The molecule has 1 atom stereocenters. The van der Waals surface area contributed by atoms with E-state index in [1.54, 1.807) is 0 Å². The normalized spacial score (nSPS) is 20.2. The largest absolute Gasteiger partial charge is 0.389 e. The molecule has 2 rings (SSSR count). The maximum absolute atomic E-state index is 5.66. The van der Waals surface area contributed by atoms with Crippen LogP contribution in [0.15, 0.2) is 18.2 Å². The first kappa shape index (κ1) is 13.5. The number of rotatable bonds is 4. The van der Waals surface area contributed by atoms with E-state index in [-0.39, 0.29) is 0 Å². The van der Waals surface area contributed by atoms with Crippen molar-refractivity contribution in [3.63, 3.8) is 0 Å². The van der Waals surface area contributed by atoms with Gasteiger partial charge in [0.05, 0.1) is 0 Å². The zero-order valence-electron chi connectivity index (χ0n) is 11.3. The lowest BCUT2D eigenvalue weighted by atomic mass is 10.0. The van der Waals surface area contributed by atoms with Crippen molar-refractivity contribution in [1.29, 1.82) is 0 Å². The molecule has 0 spiro atoms. The molecular formula is C15H22N2S. The molecule has 1 aliphatic heterocycles. The molecule has 18 heavy (non-hydrogen) atoms. The van der Waals surface area contributed by atoms with Crippen molar-refractivity contribution < 1.29 is 0 Å². The average Bonchev–Trinajstić information content (AvgIpc) is 2.78. The molecule has 2 nitrogen and oxygen atoms in total. The van der Waals surface area contributed by atoms with E-state index < -0.39 is 0 Å². The molecular weight excluding hydrogens is 240 g/mol. The second-order valence-electron chi connectivity index (χ2n) is 5.18. The Labute approximate surface area is 115 Å². The number of likely N-dealkylation sites (tertiary alicyclic amines) is 1. The fraction of sp³-hybridized carbons (Fsp3) is 0.533. The summed E-state index contributed by atoms with van der Waals surface area (Å²) in [5.74, 6) is 0. The molecule has 2 N–H and O–H groups in total. The number of aryl methyl sites for hydroxylation is 1. The summed E-state index contributed by atoms with van der Waals surface area (Å²) in [7, 11) is 0. The lowest BCUT2D eigenvalue weighted by molar-refractivity contribution is 0.239. The van der Waals surface area contributed by atoms with Crippen LogP contribution in [-0.4, -0.2) is 22.5 Å². The lowest BCUT2D eigenvalue weighted by Gasteiger charge is -2.24. The monoisotopic (exact) mass is 262 g/mol. The number of benzene rings is 1. The van der Waals surface area contributed by atoms with Gasteiger partial charge in [-0.25, -0.2) is 0 Å². The van der Waals surface area contributed by atoms with Crippen molar-refractivity contribution in [2.75, 3.05) is 6.54 Å². The Morgan fingerprint density at radius 3 is 2.89 bits per heavy atom. The summed E-state index contributed by atoms with van der Waals surface area (Å²) < 4.78 is 0. The number of hydrogen-bond donors (Lipinski definition) is 1. The molecule has 0 radical (unpaired) electrons. The quantitative estimate of drug-likeness (QED) is 0.846. The minimum Gasteiger partial charge on any atom is -0.389 e. The van der Waals surface area contributed by atoms with Crippen molar-refractivity contribution in [3.8, 4) is 0 Å². The maximum atomic E-state index is 5.66. The lowest BCUT2D eigenvalue weighted by Crippen LogP contribution is -2.28. The molecule has 0 saturated carbocycles. The molecule has 0 bridgehead atoms. The molecule has 1 aliphatic rings. The SMILES string of the molecule is CCC1CCCN1Cc1ccc(C(N)=S)cc1C. The Morgan fingerprint density at radius 2 is 2.28 bits per heavy atom. The predicted molar refractivity (Wildman–Crippen MR) is 80.8 cm³/mol. The topological polar surface area (TPSA) is 29.3 Å². The van der Waals surface area contributed by atoms with Crippen LogP contribution in [0.2, 0.25) is 0 Å². The van der Waals surface area contributed by atoms with Gasteiger partial charge in [-0.2, -0.15) is 0 Å². The second kappa shape index (κ2) is 5.81. The molecule has 0 aliphatic carbocycles. The molecule has 0 amide bonds. The van der Waals surface area contributed by atoms with Crippen molar-refractivity contribution in [2.24, 2.45) is 5.73 Å². The number of nitrogens with zero attached hydrogens (tertiary/aromatic N) is 1. The summed E-state index contributed by atoms with van der Waals surface area (Å²) in [5, 5.41) is 0. The third kappa shape index (κ3) is 2.90. The Morgan fingerprint density at radius 1 is 1.50 bits per heavy atom. The van der Waals surface area contributed by atoms with Crippen LogP contribution in [0.3, 0.4) is 0 Å². The molecule has 1 aromatic carbocycles. The van der Waals surface area contributed by atoms with E-state index in [4.69, 9.17) is 18.0 Å². The summed E-state index contributed by atoms with van der Waals surface area (Å²) in [4.78, 5) is 3.08. The van der Waals surface area contributed by atoms with E-state index >= 15 is 0 Å². The van der Waals surface area contributed by atoms with Gasteiger partial charge in [-0.15, -0.1) is 0 Å². The third-order valence-corrected chi connectivity index (χ3v) is 4.21. The Bertz CT molecular complexity index is 442. The standard InChI is InChI=1S/C15H22N2S/c1-3-14-5-4-8-17(14)10-13-7-6-12(15(16)18)9-11(13)2/h6-7,9,14H,3-5,8,10H2,1-2H3,(H2,16,18). The van der Waals surface area contributed by atoms with Gasteiger partial charge in [0.1, 0.15) is 4.99 Å². The van der Waals surface area contributed by atoms with Crippen LogP contribution in [0.4, 0.5) is 0 Å². The molecule has 1 saturated heterocycles. The van der Waals surface area contributed by atoms with Crippen LogP contribution >= 0.6 is 12.2 Å². The summed E-state index contributed by atoms with van der Waals surface area (Å²) in [6.07, 6.45) is 3.94. The highest BCUT2D eigenvalue weighted by atomic mass is 32.1. The van der Waals surface area contributed by atoms with Gasteiger partial charge in [-0.3, -0.25) is 4.90 Å². The number of thiocarbonyl (C=S) groups is 1. The number of nitrogens with two attached hydrogens (primary N) is 1. The highest BCUT2D eigenvalue weighted by Gasteiger charge is 2.22. The number of hydrogen-bond acceptors (Lipinski definition) is 2. The zero-order valence-corrected chi connectivity index (χ0v) is 12.1. The first-order valence-corrected chi connectivity index (χ1v) is 7.16. The first-order chi connectivity index (χ1) is 8.61. The van der Waals surface area contributed by atoms with E-state index in [0.717, 1.165) is 18.2 Å². The average molecular weight is 262 g/mol. The van der Waals surface area contributed by atoms with Crippen LogP contribution in [0.1, 0.15) is 42.9 Å². The van der Waals surface area contributed by atoms with Gasteiger partial charge in [0.2, 0.25) is 0 Å². The predicted octanol–water partition coefficient (Wildman–Crippen LogP) is 3.00. The summed E-state index contributed by atoms with van der Waals surface area (Å²) in [5.41, 5.74) is 9.32. The van der Waals surface area contributed by atoms with Crippen LogP contribution in [0.25, 0.3) is 0 Å². The minimum atomic E-state index is 0.484. The van der Waals surface area contributed by atoms with Gasteiger partial charge in [0.25, 0.3) is 0 Å². The van der Waals surface area contributed by atoms with E-state index in [9.17, 15) is 0 Å². The van der Waals surface area contributed by atoms with Crippen LogP contribution in [0.5, 0.6) is 0 Å². The van der Waals surface area contributed by atoms with E-state index in [1.165, 1.54) is 36.9 Å². The van der Waals surface area contributed by atoms with Crippen molar-refractivity contribution >= 4 is 17.2 Å². The molecule has 1 aromatic rings. The van der Waals surface area contributed by atoms with Crippen LogP contribution in [0, 0.1) is 6.92 Å². The van der Waals surface area contributed by atoms with Crippen LogP contribution in [-0.2, 0) is 6.54 Å². The molecule has 3 heteroatoms. The minimum absolute atomic E-state index is 0.484. The van der Waals surface area contributed by atoms with Gasteiger partial charge in [-0.05, 0) is 49.9 Å². The highest BCUT2D eigenvalue weighted by molar-refractivity contribution is 7.80. The van der Waals surface area contributed by atoms with Gasteiger partial charge < -0.3 is 5.73 Å². The van der Waals surface area contributed by atoms with Crippen LogP contribution < -0.4 is 5.73 Å². The van der Waals surface area contributed by atoms with E-state index in [2.05, 4.69) is 30.9 Å². The Kier molecular flexibility index (Phi) is 4.36. The summed E-state index contributed by atoms with van der Waals surface area (Å²) in [6, 6.07) is 7.09. The fourth-order valence-electron chi connectivity index (χ4n) is 2.81. The third-order valence-electron chi connectivity index (χ3n) is 3.97. The molecule has 98 valence electrons. The Balaban J connectivity index is 2.12. The van der Waals surface area contributed by atoms with Gasteiger partial charge >= 0.3 is 0 Å². The smallest absolute Gasteiger partial charge is 0.103 e. The van der Waals surface area contributed by atoms with Gasteiger partial charge in [0.15, 0.2) is 0 Å². The van der Waals surface area contributed by atoms with Crippen molar-refractivity contribution in [2.45, 2.75) is 45.7 Å². The first-order valence-electron chi connectivity index (χ1n) is 6.75. The van der Waals surface area contributed by atoms with Gasteiger partial charge in [0, 0.05) is 18.2 Å². The molecule has 0 aromatic heterocycles. The maximum Gasteiger partial charge on any atom is 0.103 e. The van der Waals surface area contributed by atoms with E-state index in [1.807, 2.05) is 6.07 Å². The second-order valence-corrected chi connectivity index (χ2v) is 5.62.